The molecule has 0 saturated carbocycles. The maximum atomic E-state index is 12.7. The summed E-state index contributed by atoms with van der Waals surface area (Å²) in [4.78, 5) is 50.2. The molecule has 0 saturated heterocycles. The summed E-state index contributed by atoms with van der Waals surface area (Å²) in [5.74, 6) is -2.35. The second-order valence-electron chi connectivity index (χ2n) is 7.41. The number of hydrogen-bond donors (Lipinski definition) is 1. The summed E-state index contributed by atoms with van der Waals surface area (Å²) in [6.45, 7) is -0.393. The largest absolute Gasteiger partial charge is 0.456 e. The molecule has 1 N–H and O–H groups in total. The fourth-order valence-electron chi connectivity index (χ4n) is 3.31. The number of carbonyl (C=O) groups excluding carboxylic acids is 4. The fourth-order valence-corrected chi connectivity index (χ4v) is 4.66. The minimum absolute atomic E-state index is 0.0518. The van der Waals surface area contributed by atoms with Gasteiger partial charge in [-0.2, -0.15) is 0 Å². The summed E-state index contributed by atoms with van der Waals surface area (Å²) < 4.78 is 4.95. The minimum atomic E-state index is -0.610. The number of benzene rings is 2. The number of anilines is 1. The molecule has 1 aliphatic heterocycles. The van der Waals surface area contributed by atoms with Crippen molar-refractivity contribution in [3.8, 4) is 0 Å². The van der Waals surface area contributed by atoms with Crippen LogP contribution in [-0.4, -0.2) is 41.7 Å². The van der Waals surface area contributed by atoms with Crippen LogP contribution in [0.15, 0.2) is 18.2 Å². The number of nitrogens with one attached hydrogen (secondary N) is 1. The zero-order chi connectivity index (χ0) is 25.9. The number of rotatable bonds is 9. The van der Waals surface area contributed by atoms with Gasteiger partial charge in [-0.1, -0.05) is 76.0 Å². The van der Waals surface area contributed by atoms with E-state index in [0.717, 1.165) is 4.90 Å². The normalized spacial score (nSPS) is 12.7. The lowest BCUT2D eigenvalue weighted by atomic mass is 10.1. The molecular formula is C22H16Cl6N2O5. The monoisotopic (exact) mass is 598 g/mol. The molecule has 2 aromatic rings. The molecule has 0 spiro atoms. The molecule has 0 unspecified atom stereocenters. The molecule has 35 heavy (non-hydrogen) atoms. The minimum Gasteiger partial charge on any atom is -0.456 e. The number of ether oxygens (including phenoxy) is 1. The highest BCUT2D eigenvalue weighted by Crippen LogP contribution is 2.44. The van der Waals surface area contributed by atoms with E-state index in [2.05, 4.69) is 5.32 Å². The number of halogens is 6. The molecule has 0 aromatic heterocycles. The van der Waals surface area contributed by atoms with Gasteiger partial charge in [0.25, 0.3) is 17.7 Å². The Bertz CT molecular complexity index is 1170. The van der Waals surface area contributed by atoms with Crippen LogP contribution in [0.4, 0.5) is 5.69 Å². The van der Waals surface area contributed by atoms with E-state index in [9.17, 15) is 19.2 Å². The van der Waals surface area contributed by atoms with Gasteiger partial charge in [-0.15, -0.1) is 0 Å². The topological polar surface area (TPSA) is 92.8 Å². The third-order valence-corrected chi connectivity index (χ3v) is 7.38. The van der Waals surface area contributed by atoms with Crippen LogP contribution in [0, 0.1) is 0 Å². The first-order chi connectivity index (χ1) is 16.5. The molecular weight excluding hydrogens is 585 g/mol. The van der Waals surface area contributed by atoms with Crippen LogP contribution >= 0.6 is 69.6 Å². The van der Waals surface area contributed by atoms with Gasteiger partial charge in [0.05, 0.1) is 41.9 Å². The summed E-state index contributed by atoms with van der Waals surface area (Å²) in [6.07, 6.45) is 1.40. The predicted octanol–water partition coefficient (Wildman–Crippen LogP) is 6.95. The zero-order valence-corrected chi connectivity index (χ0v) is 22.3. The number of imide groups is 1. The molecule has 1 heterocycles. The van der Waals surface area contributed by atoms with Crippen LogP contribution in [0.2, 0.25) is 30.1 Å². The van der Waals surface area contributed by atoms with Crippen molar-refractivity contribution in [3.05, 3.63) is 59.5 Å². The summed E-state index contributed by atoms with van der Waals surface area (Å²) >= 11 is 36.0. The summed E-state index contributed by atoms with van der Waals surface area (Å²) in [7, 11) is 0. The van der Waals surface area contributed by atoms with E-state index in [-0.39, 0.29) is 44.2 Å². The van der Waals surface area contributed by atoms with Crippen LogP contribution in [0.5, 0.6) is 0 Å². The molecule has 1 aliphatic rings. The van der Waals surface area contributed by atoms with Gasteiger partial charge < -0.3 is 10.1 Å². The van der Waals surface area contributed by atoms with E-state index < -0.39 is 30.3 Å². The Hall–Kier alpha value is -1.74. The Morgan fingerprint density at radius 2 is 1.43 bits per heavy atom. The van der Waals surface area contributed by atoms with Crippen molar-refractivity contribution in [2.45, 2.75) is 25.7 Å². The van der Waals surface area contributed by atoms with Crippen LogP contribution in [0.3, 0.4) is 0 Å². The molecule has 2 aromatic carbocycles. The second kappa shape index (κ2) is 12.0. The van der Waals surface area contributed by atoms with Crippen molar-refractivity contribution in [2.24, 2.45) is 0 Å². The number of fused-ring (bicyclic) bond motifs is 1. The van der Waals surface area contributed by atoms with E-state index in [1.807, 2.05) is 0 Å². The number of amides is 3. The van der Waals surface area contributed by atoms with Gasteiger partial charge in [0.1, 0.15) is 0 Å². The summed E-state index contributed by atoms with van der Waals surface area (Å²) in [6, 6.07) is 4.58. The molecule has 0 atom stereocenters. The number of unbranched alkanes of at least 4 members (excludes halogenated alkanes) is 2. The third-order valence-electron chi connectivity index (χ3n) is 5.01. The van der Waals surface area contributed by atoms with E-state index in [1.165, 1.54) is 12.1 Å². The lowest BCUT2D eigenvalue weighted by Crippen LogP contribution is -2.30. The first-order valence-corrected chi connectivity index (χ1v) is 12.4. The lowest BCUT2D eigenvalue weighted by molar-refractivity contribution is -0.147. The molecule has 7 nitrogen and oxygen atoms in total. The highest BCUT2D eigenvalue weighted by Gasteiger charge is 2.41. The van der Waals surface area contributed by atoms with Gasteiger partial charge in [-0.05, 0) is 31.0 Å². The van der Waals surface area contributed by atoms with Crippen molar-refractivity contribution < 1.29 is 23.9 Å². The van der Waals surface area contributed by atoms with Crippen molar-refractivity contribution >= 4 is 99.0 Å². The molecule has 0 radical (unpaired) electrons. The van der Waals surface area contributed by atoms with E-state index in [0.29, 0.717) is 35.0 Å². The molecule has 0 aliphatic carbocycles. The maximum Gasteiger partial charge on any atom is 0.306 e. The number of esters is 1. The highest BCUT2D eigenvalue weighted by atomic mass is 35.5. The average molecular weight is 601 g/mol. The predicted molar refractivity (Wildman–Crippen MR) is 136 cm³/mol. The Balaban J connectivity index is 1.41. The third kappa shape index (κ3) is 6.34. The van der Waals surface area contributed by atoms with Crippen LogP contribution in [0.1, 0.15) is 46.4 Å². The van der Waals surface area contributed by atoms with Gasteiger partial charge in [-0.3, -0.25) is 24.1 Å². The Morgan fingerprint density at radius 1 is 0.829 bits per heavy atom. The molecule has 186 valence electrons. The highest BCUT2D eigenvalue weighted by molar-refractivity contribution is 6.55. The Labute approximate surface area is 230 Å². The van der Waals surface area contributed by atoms with E-state index in [1.54, 1.807) is 6.07 Å². The van der Waals surface area contributed by atoms with Crippen LogP contribution in [0.25, 0.3) is 0 Å². The standard InChI is InChI=1S/C22H16Cl6N2O5/c23-10-5-6-11(24)12(8-10)29-13(31)9-35-14(32)4-2-1-3-7-30-21(33)15-16(22(30)34)18(26)20(28)19(27)17(15)25/h5-6,8H,1-4,7,9H2,(H,29,31). The van der Waals surface area contributed by atoms with Gasteiger partial charge in [0.15, 0.2) is 6.61 Å². The number of nitrogens with zero attached hydrogens (tertiary/aromatic N) is 1. The van der Waals surface area contributed by atoms with E-state index >= 15 is 0 Å². The lowest BCUT2D eigenvalue weighted by Gasteiger charge is -2.13. The fraction of sp³-hybridized carbons (Fsp3) is 0.273. The first-order valence-electron chi connectivity index (χ1n) is 10.2. The maximum absolute atomic E-state index is 12.7. The Morgan fingerprint density at radius 3 is 2.03 bits per heavy atom. The van der Waals surface area contributed by atoms with Crippen molar-refractivity contribution in [3.63, 3.8) is 0 Å². The quantitative estimate of drug-likeness (QED) is 0.111. The molecule has 13 heteroatoms. The van der Waals surface area contributed by atoms with Crippen molar-refractivity contribution in [1.82, 2.24) is 4.90 Å². The molecule has 0 fully saturated rings. The van der Waals surface area contributed by atoms with Gasteiger partial charge in [-0.25, -0.2) is 0 Å². The van der Waals surface area contributed by atoms with Crippen molar-refractivity contribution in [1.29, 1.82) is 0 Å². The number of hydrogen-bond acceptors (Lipinski definition) is 5. The summed E-state index contributed by atoms with van der Waals surface area (Å²) in [5.41, 5.74) is 0.162. The van der Waals surface area contributed by atoms with Crippen LogP contribution < -0.4 is 5.32 Å². The first kappa shape index (κ1) is 27.8. The zero-order valence-electron chi connectivity index (χ0n) is 17.7. The Kier molecular flexibility index (Phi) is 9.54. The number of carbonyl (C=O) groups is 4. The van der Waals surface area contributed by atoms with Gasteiger partial charge >= 0.3 is 5.97 Å². The van der Waals surface area contributed by atoms with Gasteiger partial charge in [0.2, 0.25) is 0 Å². The summed E-state index contributed by atoms with van der Waals surface area (Å²) in [5, 5.41) is 2.76. The molecule has 0 bridgehead atoms. The van der Waals surface area contributed by atoms with Crippen LogP contribution in [-0.2, 0) is 14.3 Å². The van der Waals surface area contributed by atoms with Crippen molar-refractivity contribution in [2.75, 3.05) is 18.5 Å². The average Bonchev–Trinajstić information content (AvgIpc) is 3.07. The smallest absolute Gasteiger partial charge is 0.306 e. The molecule has 3 amide bonds. The molecule has 3 rings (SSSR count). The van der Waals surface area contributed by atoms with E-state index in [4.69, 9.17) is 74.3 Å². The van der Waals surface area contributed by atoms with Gasteiger partial charge in [0, 0.05) is 18.0 Å². The second-order valence-corrected chi connectivity index (χ2v) is 9.77. The SMILES string of the molecule is O=C(COC(=O)CCCCCN1C(=O)c2c(Cl)c(Cl)c(Cl)c(Cl)c2C1=O)Nc1cc(Cl)ccc1Cl.